The lowest BCUT2D eigenvalue weighted by Crippen LogP contribution is -2.36. The molecule has 3 rings (SSSR count). The van der Waals surface area contributed by atoms with Gasteiger partial charge in [0.15, 0.2) is 5.76 Å². The molecule has 1 aromatic heterocycles. The lowest BCUT2D eigenvalue weighted by molar-refractivity contribution is 0.0696. The van der Waals surface area contributed by atoms with Gasteiger partial charge in [-0.15, -0.1) is 0 Å². The standard InChI is InChI=1S/C16H15FN2O5/c17-12-2-1-11(8-13(12)19-3-5-23-6-4-19)18-15(20)14-7-10(9-24-14)16(21)22/h1-2,7-9H,3-6H2,(H,18,20)(H,21,22). The quantitative estimate of drug-likeness (QED) is 0.891. The van der Waals surface area contributed by atoms with Crippen molar-refractivity contribution in [3.05, 3.63) is 47.7 Å². The molecular weight excluding hydrogens is 319 g/mol. The highest BCUT2D eigenvalue weighted by molar-refractivity contribution is 6.03. The monoisotopic (exact) mass is 334 g/mol. The Morgan fingerprint density at radius 1 is 1.21 bits per heavy atom. The van der Waals surface area contributed by atoms with Crippen molar-refractivity contribution in [2.45, 2.75) is 0 Å². The summed E-state index contributed by atoms with van der Waals surface area (Å²) in [5, 5.41) is 11.4. The van der Waals surface area contributed by atoms with Gasteiger partial charge in [-0.25, -0.2) is 9.18 Å². The summed E-state index contributed by atoms with van der Waals surface area (Å²) < 4.78 is 24.2. The molecule has 2 aromatic rings. The van der Waals surface area contributed by atoms with Crippen LogP contribution in [0.2, 0.25) is 0 Å². The summed E-state index contributed by atoms with van der Waals surface area (Å²) in [6.45, 7) is 2.16. The summed E-state index contributed by atoms with van der Waals surface area (Å²) >= 11 is 0. The molecular formula is C16H15FN2O5. The van der Waals surface area contributed by atoms with E-state index in [1.807, 2.05) is 4.90 Å². The van der Waals surface area contributed by atoms with Gasteiger partial charge in [0.1, 0.15) is 12.1 Å². The van der Waals surface area contributed by atoms with Crippen molar-refractivity contribution in [3.8, 4) is 0 Å². The van der Waals surface area contributed by atoms with Crippen LogP contribution >= 0.6 is 0 Å². The summed E-state index contributed by atoms with van der Waals surface area (Å²) in [5.74, 6) is -2.32. The third kappa shape index (κ3) is 3.38. The first-order valence-electron chi connectivity index (χ1n) is 7.30. The second kappa shape index (κ2) is 6.71. The first kappa shape index (κ1) is 16.0. The van der Waals surface area contributed by atoms with E-state index in [0.29, 0.717) is 37.7 Å². The molecule has 1 aliphatic heterocycles. The molecule has 0 spiro atoms. The van der Waals surface area contributed by atoms with Crippen LogP contribution in [0, 0.1) is 5.82 Å². The second-order valence-electron chi connectivity index (χ2n) is 5.22. The number of aromatic carboxylic acids is 1. The van der Waals surface area contributed by atoms with Crippen LogP contribution < -0.4 is 10.2 Å². The molecule has 1 fully saturated rings. The van der Waals surface area contributed by atoms with Crippen molar-refractivity contribution in [3.63, 3.8) is 0 Å². The number of halogens is 1. The van der Waals surface area contributed by atoms with Crippen LogP contribution in [0.5, 0.6) is 0 Å². The molecule has 0 radical (unpaired) electrons. The summed E-state index contributed by atoms with van der Waals surface area (Å²) in [5.41, 5.74) is 0.645. The predicted octanol–water partition coefficient (Wildman–Crippen LogP) is 2.21. The van der Waals surface area contributed by atoms with Crippen LogP contribution in [-0.2, 0) is 4.74 Å². The highest BCUT2D eigenvalue weighted by Gasteiger charge is 2.18. The molecule has 8 heteroatoms. The number of carboxylic acid groups (broad SMARTS) is 1. The molecule has 0 unspecified atom stereocenters. The number of benzene rings is 1. The van der Waals surface area contributed by atoms with Gasteiger partial charge in [-0.2, -0.15) is 0 Å². The van der Waals surface area contributed by atoms with E-state index in [0.717, 1.165) is 12.3 Å². The maximum atomic E-state index is 14.0. The van der Waals surface area contributed by atoms with Gasteiger partial charge in [0.2, 0.25) is 0 Å². The third-order valence-electron chi connectivity index (χ3n) is 3.63. The van der Waals surface area contributed by atoms with Gasteiger partial charge in [0.05, 0.1) is 24.5 Å². The van der Waals surface area contributed by atoms with E-state index in [2.05, 4.69) is 5.32 Å². The third-order valence-corrected chi connectivity index (χ3v) is 3.63. The van der Waals surface area contributed by atoms with Crippen molar-refractivity contribution in [1.29, 1.82) is 0 Å². The zero-order chi connectivity index (χ0) is 17.1. The molecule has 126 valence electrons. The summed E-state index contributed by atoms with van der Waals surface area (Å²) in [6.07, 6.45) is 0.987. The number of nitrogens with one attached hydrogen (secondary N) is 1. The number of amides is 1. The smallest absolute Gasteiger partial charge is 0.338 e. The van der Waals surface area contributed by atoms with Gasteiger partial charge in [0.25, 0.3) is 5.91 Å². The minimum absolute atomic E-state index is 0.117. The highest BCUT2D eigenvalue weighted by Crippen LogP contribution is 2.25. The van der Waals surface area contributed by atoms with Crippen molar-refractivity contribution in [2.24, 2.45) is 0 Å². The zero-order valence-corrected chi connectivity index (χ0v) is 12.6. The first-order valence-corrected chi connectivity index (χ1v) is 7.30. The minimum Gasteiger partial charge on any atom is -0.478 e. The van der Waals surface area contributed by atoms with Crippen molar-refractivity contribution < 1.29 is 28.2 Å². The van der Waals surface area contributed by atoms with Gasteiger partial charge in [-0.3, -0.25) is 4.79 Å². The molecule has 24 heavy (non-hydrogen) atoms. The molecule has 0 bridgehead atoms. The number of rotatable bonds is 4. The maximum absolute atomic E-state index is 14.0. The second-order valence-corrected chi connectivity index (χ2v) is 5.22. The highest BCUT2D eigenvalue weighted by atomic mass is 19.1. The first-order chi connectivity index (χ1) is 11.5. The zero-order valence-electron chi connectivity index (χ0n) is 12.6. The number of ether oxygens (including phenoxy) is 1. The molecule has 0 saturated carbocycles. The number of hydrogen-bond donors (Lipinski definition) is 2. The molecule has 1 saturated heterocycles. The Kier molecular flexibility index (Phi) is 4.48. The van der Waals surface area contributed by atoms with E-state index in [1.54, 1.807) is 0 Å². The van der Waals surface area contributed by atoms with E-state index in [-0.39, 0.29) is 17.1 Å². The lowest BCUT2D eigenvalue weighted by Gasteiger charge is -2.29. The summed E-state index contributed by atoms with van der Waals surface area (Å²) in [4.78, 5) is 24.7. The molecule has 0 aliphatic carbocycles. The van der Waals surface area contributed by atoms with Crippen LogP contribution in [0.4, 0.5) is 15.8 Å². The number of carbonyl (C=O) groups is 2. The SMILES string of the molecule is O=C(O)c1coc(C(=O)Nc2ccc(F)c(N3CCOCC3)c2)c1. The van der Waals surface area contributed by atoms with Gasteiger partial charge in [0, 0.05) is 24.8 Å². The molecule has 2 heterocycles. The predicted molar refractivity (Wildman–Crippen MR) is 83.1 cm³/mol. The van der Waals surface area contributed by atoms with E-state index in [1.165, 1.54) is 18.2 Å². The van der Waals surface area contributed by atoms with Gasteiger partial charge < -0.3 is 24.5 Å². The Bertz CT molecular complexity index is 768. The largest absolute Gasteiger partial charge is 0.478 e. The van der Waals surface area contributed by atoms with Crippen molar-refractivity contribution >= 4 is 23.3 Å². The van der Waals surface area contributed by atoms with E-state index >= 15 is 0 Å². The van der Waals surface area contributed by atoms with Crippen LogP contribution in [-0.4, -0.2) is 43.3 Å². The van der Waals surface area contributed by atoms with Gasteiger partial charge >= 0.3 is 5.97 Å². The number of hydrogen-bond acceptors (Lipinski definition) is 5. The van der Waals surface area contributed by atoms with Gasteiger partial charge in [-0.05, 0) is 18.2 Å². The fourth-order valence-electron chi connectivity index (χ4n) is 2.40. The number of nitrogens with zero attached hydrogens (tertiary/aromatic N) is 1. The molecule has 1 amide bonds. The number of furan rings is 1. The van der Waals surface area contributed by atoms with Gasteiger partial charge in [-0.1, -0.05) is 0 Å². The Morgan fingerprint density at radius 3 is 2.62 bits per heavy atom. The number of carbonyl (C=O) groups excluding carboxylic acids is 1. The number of anilines is 2. The number of carboxylic acids is 1. The summed E-state index contributed by atoms with van der Waals surface area (Å²) in [6, 6.07) is 5.35. The fourth-order valence-corrected chi connectivity index (χ4v) is 2.40. The van der Waals surface area contributed by atoms with E-state index < -0.39 is 11.9 Å². The molecule has 2 N–H and O–H groups in total. The average molecular weight is 334 g/mol. The Hall–Kier alpha value is -2.87. The molecule has 7 nitrogen and oxygen atoms in total. The maximum Gasteiger partial charge on any atom is 0.338 e. The van der Waals surface area contributed by atoms with E-state index in [9.17, 15) is 14.0 Å². The molecule has 1 aliphatic rings. The lowest BCUT2D eigenvalue weighted by atomic mass is 10.2. The molecule has 1 aromatic carbocycles. The van der Waals surface area contributed by atoms with Crippen LogP contribution in [0.1, 0.15) is 20.9 Å². The van der Waals surface area contributed by atoms with Crippen molar-refractivity contribution in [2.75, 3.05) is 36.5 Å². The normalized spacial score (nSPS) is 14.5. The fraction of sp³-hybridized carbons (Fsp3) is 0.250. The van der Waals surface area contributed by atoms with Crippen LogP contribution in [0.25, 0.3) is 0 Å². The number of morpholine rings is 1. The minimum atomic E-state index is -1.19. The van der Waals surface area contributed by atoms with E-state index in [4.69, 9.17) is 14.3 Å². The summed E-state index contributed by atoms with van der Waals surface area (Å²) in [7, 11) is 0. The Labute approximate surface area is 136 Å². The van der Waals surface area contributed by atoms with Crippen molar-refractivity contribution in [1.82, 2.24) is 0 Å². The topological polar surface area (TPSA) is 92.0 Å². The van der Waals surface area contributed by atoms with Crippen LogP contribution in [0.3, 0.4) is 0 Å². The Balaban J connectivity index is 1.76. The molecule has 0 atom stereocenters. The van der Waals surface area contributed by atoms with Crippen LogP contribution in [0.15, 0.2) is 34.9 Å². The average Bonchev–Trinajstić information content (AvgIpc) is 3.08. The Morgan fingerprint density at radius 2 is 1.96 bits per heavy atom.